The topological polar surface area (TPSA) is 53.7 Å². The second-order valence-corrected chi connectivity index (χ2v) is 3.08. The van der Waals surface area contributed by atoms with E-state index in [0.29, 0.717) is 31.3 Å². The van der Waals surface area contributed by atoms with Gasteiger partial charge in [0.25, 0.3) is 0 Å². The lowest BCUT2D eigenvalue weighted by molar-refractivity contribution is 0.176. The smallest absolute Gasteiger partial charge is 0.161 e. The predicted molar refractivity (Wildman–Crippen MR) is 62.5 cm³/mol. The normalized spacial score (nSPS) is 9.62. The molecule has 1 aromatic carbocycles. The minimum absolute atomic E-state index is 0.449. The van der Waals surface area contributed by atoms with Crippen LogP contribution in [0.5, 0.6) is 11.5 Å². The summed E-state index contributed by atoms with van der Waals surface area (Å²) in [6, 6.07) is 5.62. The van der Waals surface area contributed by atoms with Gasteiger partial charge >= 0.3 is 0 Å². The van der Waals surface area contributed by atoms with Crippen LogP contribution in [0.15, 0.2) is 31.0 Å². The minimum atomic E-state index is 0.449. The summed E-state index contributed by atoms with van der Waals surface area (Å²) in [4.78, 5) is 0. The molecular weight excluding hydrogens is 206 g/mol. The molecule has 0 fully saturated rings. The van der Waals surface area contributed by atoms with Gasteiger partial charge in [-0.1, -0.05) is 12.6 Å². The Kier molecular flexibility index (Phi) is 5.22. The zero-order valence-electron chi connectivity index (χ0n) is 9.44. The third-order valence-corrected chi connectivity index (χ3v) is 2.04. The lowest BCUT2D eigenvalue weighted by Crippen LogP contribution is -2.05. The Morgan fingerprint density at radius 2 is 2.12 bits per heavy atom. The first kappa shape index (κ1) is 12.4. The van der Waals surface area contributed by atoms with Crippen molar-refractivity contribution in [1.29, 1.82) is 0 Å². The molecule has 4 nitrogen and oxygen atoms in total. The number of methoxy groups -OCH3 is 1. The molecule has 0 aliphatic carbocycles. The quantitative estimate of drug-likeness (QED) is 0.564. The van der Waals surface area contributed by atoms with E-state index >= 15 is 0 Å². The summed E-state index contributed by atoms with van der Waals surface area (Å²) in [6.45, 7) is 4.84. The van der Waals surface area contributed by atoms with Crippen LogP contribution in [0, 0.1) is 0 Å². The van der Waals surface area contributed by atoms with E-state index in [1.54, 1.807) is 7.11 Å². The molecule has 0 spiro atoms. The Labute approximate surface area is 95.6 Å². The van der Waals surface area contributed by atoms with E-state index in [2.05, 4.69) is 6.58 Å². The Morgan fingerprint density at radius 3 is 2.75 bits per heavy atom. The van der Waals surface area contributed by atoms with E-state index in [4.69, 9.17) is 19.9 Å². The Balaban J connectivity index is 2.60. The van der Waals surface area contributed by atoms with Crippen molar-refractivity contribution >= 4 is 0 Å². The maximum atomic E-state index is 5.54. The Bertz CT molecular complexity index is 339. The molecule has 0 amide bonds. The van der Waals surface area contributed by atoms with Gasteiger partial charge in [-0.25, -0.2) is 0 Å². The maximum absolute atomic E-state index is 5.54. The van der Waals surface area contributed by atoms with Crippen LogP contribution >= 0.6 is 0 Å². The summed E-state index contributed by atoms with van der Waals surface area (Å²) < 4.78 is 15.6. The number of nitrogens with two attached hydrogens (primary N) is 1. The lowest BCUT2D eigenvalue weighted by atomic mass is 10.2. The number of ether oxygens (including phenoxy) is 3. The van der Waals surface area contributed by atoms with Crippen molar-refractivity contribution in [2.75, 3.05) is 20.3 Å². The van der Waals surface area contributed by atoms with Crippen LogP contribution in [-0.2, 0) is 11.3 Å². The molecule has 88 valence electrons. The third kappa shape index (κ3) is 3.47. The van der Waals surface area contributed by atoms with Crippen molar-refractivity contribution in [3.8, 4) is 11.5 Å². The summed E-state index contributed by atoms with van der Waals surface area (Å²) in [5, 5.41) is 0. The van der Waals surface area contributed by atoms with Gasteiger partial charge in [-0.15, -0.1) is 0 Å². The average Bonchev–Trinajstić information content (AvgIpc) is 2.34. The molecule has 0 aliphatic heterocycles. The van der Waals surface area contributed by atoms with Gasteiger partial charge in [0, 0.05) is 6.54 Å². The average molecular weight is 223 g/mol. The number of hydrogen-bond acceptors (Lipinski definition) is 4. The number of hydrogen-bond donors (Lipinski definition) is 1. The van der Waals surface area contributed by atoms with Gasteiger partial charge < -0.3 is 19.9 Å². The van der Waals surface area contributed by atoms with Crippen molar-refractivity contribution in [1.82, 2.24) is 0 Å². The number of rotatable bonds is 7. The van der Waals surface area contributed by atoms with Gasteiger partial charge in [-0.05, 0) is 17.7 Å². The molecule has 0 saturated carbocycles. The molecule has 2 N–H and O–H groups in total. The van der Waals surface area contributed by atoms with E-state index in [1.165, 1.54) is 6.26 Å². The first-order valence-electron chi connectivity index (χ1n) is 5.04. The van der Waals surface area contributed by atoms with Gasteiger partial charge in [-0.2, -0.15) is 0 Å². The first-order valence-corrected chi connectivity index (χ1v) is 5.04. The fraction of sp³-hybridized carbons (Fsp3) is 0.333. The maximum Gasteiger partial charge on any atom is 0.161 e. The molecule has 16 heavy (non-hydrogen) atoms. The standard InChI is InChI=1S/C12H17NO3/c1-3-15-6-7-16-11-5-4-10(9-13)8-12(11)14-2/h3-5,8H,1,6-7,9,13H2,2H3. The monoisotopic (exact) mass is 223 g/mol. The van der Waals surface area contributed by atoms with Crippen LogP contribution in [0.4, 0.5) is 0 Å². The highest BCUT2D eigenvalue weighted by Gasteiger charge is 2.04. The Hall–Kier alpha value is -1.68. The van der Waals surface area contributed by atoms with Crippen molar-refractivity contribution in [3.63, 3.8) is 0 Å². The van der Waals surface area contributed by atoms with Gasteiger partial charge in [0.1, 0.15) is 13.2 Å². The fourth-order valence-electron chi connectivity index (χ4n) is 1.24. The van der Waals surface area contributed by atoms with Crippen LogP contribution < -0.4 is 15.2 Å². The van der Waals surface area contributed by atoms with E-state index < -0.39 is 0 Å². The van der Waals surface area contributed by atoms with Crippen molar-refractivity contribution in [2.45, 2.75) is 6.54 Å². The zero-order chi connectivity index (χ0) is 11.8. The van der Waals surface area contributed by atoms with Crippen LogP contribution in [0.25, 0.3) is 0 Å². The molecule has 0 saturated heterocycles. The molecule has 0 unspecified atom stereocenters. The fourth-order valence-corrected chi connectivity index (χ4v) is 1.24. The van der Waals surface area contributed by atoms with Crippen LogP contribution in [0.1, 0.15) is 5.56 Å². The first-order chi connectivity index (χ1) is 7.81. The van der Waals surface area contributed by atoms with E-state index in [0.717, 1.165) is 5.56 Å². The molecular formula is C12H17NO3. The molecule has 0 aliphatic rings. The summed E-state index contributed by atoms with van der Waals surface area (Å²) in [6.07, 6.45) is 1.39. The van der Waals surface area contributed by atoms with Crippen LogP contribution in [0.2, 0.25) is 0 Å². The largest absolute Gasteiger partial charge is 0.498 e. The van der Waals surface area contributed by atoms with E-state index in [9.17, 15) is 0 Å². The second kappa shape index (κ2) is 6.74. The van der Waals surface area contributed by atoms with E-state index in [1.807, 2.05) is 18.2 Å². The molecule has 0 heterocycles. The minimum Gasteiger partial charge on any atom is -0.498 e. The zero-order valence-corrected chi connectivity index (χ0v) is 9.44. The lowest BCUT2D eigenvalue weighted by Gasteiger charge is -2.11. The highest BCUT2D eigenvalue weighted by molar-refractivity contribution is 5.42. The Morgan fingerprint density at radius 1 is 1.31 bits per heavy atom. The molecule has 0 aromatic heterocycles. The van der Waals surface area contributed by atoms with Crippen molar-refractivity contribution < 1.29 is 14.2 Å². The SMILES string of the molecule is C=COCCOc1ccc(CN)cc1OC. The summed E-state index contributed by atoms with van der Waals surface area (Å²) >= 11 is 0. The summed E-state index contributed by atoms with van der Waals surface area (Å²) in [5.74, 6) is 1.37. The second-order valence-electron chi connectivity index (χ2n) is 3.08. The van der Waals surface area contributed by atoms with Gasteiger partial charge in [-0.3, -0.25) is 0 Å². The van der Waals surface area contributed by atoms with Crippen molar-refractivity contribution in [2.24, 2.45) is 5.73 Å². The summed E-state index contributed by atoms with van der Waals surface area (Å²) in [7, 11) is 1.60. The highest BCUT2D eigenvalue weighted by Crippen LogP contribution is 2.27. The van der Waals surface area contributed by atoms with Crippen LogP contribution in [0.3, 0.4) is 0 Å². The van der Waals surface area contributed by atoms with E-state index in [-0.39, 0.29) is 0 Å². The molecule has 1 rings (SSSR count). The summed E-state index contributed by atoms with van der Waals surface area (Å²) in [5.41, 5.74) is 6.54. The molecule has 4 heteroatoms. The highest BCUT2D eigenvalue weighted by atomic mass is 16.5. The third-order valence-electron chi connectivity index (χ3n) is 2.04. The molecule has 1 aromatic rings. The van der Waals surface area contributed by atoms with Gasteiger partial charge in [0.05, 0.1) is 13.4 Å². The molecule has 0 atom stereocenters. The molecule has 0 bridgehead atoms. The number of benzene rings is 1. The van der Waals surface area contributed by atoms with Crippen LogP contribution in [-0.4, -0.2) is 20.3 Å². The van der Waals surface area contributed by atoms with Crippen molar-refractivity contribution in [3.05, 3.63) is 36.6 Å². The van der Waals surface area contributed by atoms with Gasteiger partial charge in [0.15, 0.2) is 11.5 Å². The molecule has 0 radical (unpaired) electrons. The van der Waals surface area contributed by atoms with Gasteiger partial charge in [0.2, 0.25) is 0 Å². The predicted octanol–water partition coefficient (Wildman–Crippen LogP) is 1.69.